The van der Waals surface area contributed by atoms with Crippen LogP contribution in [0, 0.1) is 0 Å². The normalized spacial score (nSPS) is 18.0. The summed E-state index contributed by atoms with van der Waals surface area (Å²) < 4.78 is 22.1. The first-order valence-corrected chi connectivity index (χ1v) is 13.5. The second-order valence-corrected chi connectivity index (χ2v) is 10.6. The molecular weight excluding hydrogens is 554 g/mol. The Morgan fingerprint density at radius 2 is 1.35 bits per heavy atom. The highest BCUT2D eigenvalue weighted by Crippen LogP contribution is 2.39. The molecule has 10 nitrogen and oxygen atoms in total. The molecule has 3 aromatic rings. The smallest absolute Gasteiger partial charge is 0.340 e. The van der Waals surface area contributed by atoms with Gasteiger partial charge in [0, 0.05) is 6.08 Å². The van der Waals surface area contributed by atoms with Crippen LogP contribution in [0.3, 0.4) is 0 Å². The molecule has 1 heterocycles. The average Bonchev–Trinajstić information content (AvgIpc) is 3.00. The monoisotopic (exact) mass is 585 g/mol. The third kappa shape index (κ3) is 7.73. The van der Waals surface area contributed by atoms with E-state index in [1.165, 1.54) is 24.3 Å². The number of hydrogen-bond acceptors (Lipinski definition) is 9. The predicted octanol–water partition coefficient (Wildman–Crippen LogP) is 4.25. The molecule has 2 atom stereocenters. The zero-order chi connectivity index (χ0) is 31.0. The highest BCUT2D eigenvalue weighted by atomic mass is 16.6. The molecule has 4 rings (SSSR count). The van der Waals surface area contributed by atoms with Crippen molar-refractivity contribution in [1.29, 1.82) is 0 Å². The van der Waals surface area contributed by atoms with Crippen LogP contribution in [-0.4, -0.2) is 58.7 Å². The minimum atomic E-state index is -2.18. The molecule has 1 amide bonds. The fourth-order valence-corrected chi connectivity index (χ4v) is 4.22. The standard InChI is InChI=1S/C33H31NO9/c1-32(2,3)42-27(36)21-34-29(37)28(41-30(38)24-15-9-5-10-16-24)33(34,43-31(39)25-17-11-6-12-18-25)20-19-26(35)40-22-23-13-7-4-8-14-23/h4-20,28H,21-22H2,1-3H3/t28-,33+/m1/s1. The molecule has 1 fully saturated rings. The summed E-state index contributed by atoms with van der Waals surface area (Å²) in [6.07, 6.45) is 0.308. The molecule has 0 spiro atoms. The zero-order valence-electron chi connectivity index (χ0n) is 23.9. The van der Waals surface area contributed by atoms with Gasteiger partial charge in [-0.2, -0.15) is 0 Å². The first kappa shape index (κ1) is 30.7. The van der Waals surface area contributed by atoms with Crippen LogP contribution in [0.5, 0.6) is 0 Å². The van der Waals surface area contributed by atoms with Crippen LogP contribution in [0.4, 0.5) is 0 Å². The van der Waals surface area contributed by atoms with E-state index < -0.39 is 53.8 Å². The Bertz CT molecular complexity index is 1500. The Labute approximate surface area is 248 Å². The van der Waals surface area contributed by atoms with Crippen LogP contribution in [0.15, 0.2) is 103 Å². The SMILES string of the molecule is CC(C)(C)OC(=O)CN1C(=O)[C@@H](OC(=O)c2ccccc2)[C@]1(C=CC(=O)OCc1ccccc1)OC(=O)c1ccccc1. The van der Waals surface area contributed by atoms with Crippen LogP contribution in [0.25, 0.3) is 0 Å². The van der Waals surface area contributed by atoms with Crippen molar-refractivity contribution in [3.8, 4) is 0 Å². The van der Waals surface area contributed by atoms with Gasteiger partial charge >= 0.3 is 23.9 Å². The summed E-state index contributed by atoms with van der Waals surface area (Å²) in [6.45, 7) is 4.24. The molecule has 10 heteroatoms. The fourth-order valence-electron chi connectivity index (χ4n) is 4.22. The van der Waals surface area contributed by atoms with Gasteiger partial charge in [-0.05, 0) is 56.7 Å². The lowest BCUT2D eigenvalue weighted by Gasteiger charge is -2.52. The quantitative estimate of drug-likeness (QED) is 0.149. The van der Waals surface area contributed by atoms with Crippen molar-refractivity contribution >= 4 is 29.8 Å². The van der Waals surface area contributed by atoms with Crippen LogP contribution in [0.2, 0.25) is 0 Å². The summed E-state index contributed by atoms with van der Waals surface area (Å²) in [4.78, 5) is 66.2. The number of amides is 1. The van der Waals surface area contributed by atoms with E-state index in [9.17, 15) is 24.0 Å². The molecule has 0 bridgehead atoms. The van der Waals surface area contributed by atoms with E-state index in [2.05, 4.69) is 0 Å². The van der Waals surface area contributed by atoms with Crippen molar-refractivity contribution in [3.63, 3.8) is 0 Å². The van der Waals surface area contributed by atoms with Crippen molar-refractivity contribution in [2.24, 2.45) is 0 Å². The molecule has 3 aromatic carbocycles. The van der Waals surface area contributed by atoms with E-state index in [0.717, 1.165) is 22.6 Å². The van der Waals surface area contributed by atoms with E-state index in [4.69, 9.17) is 18.9 Å². The molecule has 1 saturated heterocycles. The largest absolute Gasteiger partial charge is 0.459 e. The van der Waals surface area contributed by atoms with Gasteiger partial charge in [0.1, 0.15) is 18.8 Å². The van der Waals surface area contributed by atoms with Crippen molar-refractivity contribution in [2.45, 2.75) is 44.8 Å². The van der Waals surface area contributed by atoms with Gasteiger partial charge in [-0.15, -0.1) is 0 Å². The molecule has 0 aromatic heterocycles. The zero-order valence-corrected chi connectivity index (χ0v) is 23.9. The Morgan fingerprint density at radius 3 is 1.91 bits per heavy atom. The molecule has 0 N–H and O–H groups in total. The lowest BCUT2D eigenvalue weighted by molar-refractivity contribution is -0.228. The molecule has 0 radical (unpaired) electrons. The number of nitrogens with zero attached hydrogens (tertiary/aromatic N) is 1. The van der Waals surface area contributed by atoms with Gasteiger partial charge in [0.25, 0.3) is 11.6 Å². The van der Waals surface area contributed by atoms with Gasteiger partial charge in [-0.3, -0.25) is 14.5 Å². The van der Waals surface area contributed by atoms with Gasteiger partial charge < -0.3 is 18.9 Å². The number of hydrogen-bond donors (Lipinski definition) is 0. The molecular formula is C33H31NO9. The molecule has 1 aliphatic heterocycles. The van der Waals surface area contributed by atoms with E-state index in [-0.39, 0.29) is 17.7 Å². The number of β-lactam (4-membered cyclic amide) rings is 1. The van der Waals surface area contributed by atoms with Crippen molar-refractivity contribution in [3.05, 3.63) is 120 Å². The van der Waals surface area contributed by atoms with Crippen LogP contribution in [-0.2, 0) is 39.9 Å². The van der Waals surface area contributed by atoms with Gasteiger partial charge in [0.15, 0.2) is 0 Å². The first-order chi connectivity index (χ1) is 20.5. The summed E-state index contributed by atoms with van der Waals surface area (Å²) in [7, 11) is 0. The molecule has 43 heavy (non-hydrogen) atoms. The number of carbonyl (C=O) groups excluding carboxylic acids is 5. The summed E-state index contributed by atoms with van der Waals surface area (Å²) in [5.74, 6) is -4.25. The third-order valence-corrected chi connectivity index (χ3v) is 6.18. The number of carbonyl (C=O) groups is 5. The number of ether oxygens (including phenoxy) is 4. The van der Waals surface area contributed by atoms with Gasteiger partial charge in [-0.1, -0.05) is 66.7 Å². The second-order valence-electron chi connectivity index (χ2n) is 10.6. The van der Waals surface area contributed by atoms with Crippen LogP contribution >= 0.6 is 0 Å². The molecule has 1 aliphatic rings. The van der Waals surface area contributed by atoms with E-state index in [1.54, 1.807) is 81.4 Å². The van der Waals surface area contributed by atoms with Crippen LogP contribution in [0.1, 0.15) is 47.1 Å². The molecule has 222 valence electrons. The second kappa shape index (κ2) is 13.2. The maximum Gasteiger partial charge on any atom is 0.340 e. The number of esters is 4. The van der Waals surface area contributed by atoms with Crippen molar-refractivity contribution in [2.75, 3.05) is 6.54 Å². The van der Waals surface area contributed by atoms with Crippen molar-refractivity contribution in [1.82, 2.24) is 4.90 Å². The first-order valence-electron chi connectivity index (χ1n) is 13.5. The molecule has 0 unspecified atom stereocenters. The average molecular weight is 586 g/mol. The Kier molecular flexibility index (Phi) is 9.39. The van der Waals surface area contributed by atoms with Crippen molar-refractivity contribution < 1.29 is 42.9 Å². The maximum atomic E-state index is 13.4. The van der Waals surface area contributed by atoms with E-state index in [1.807, 2.05) is 6.07 Å². The minimum Gasteiger partial charge on any atom is -0.459 e. The minimum absolute atomic E-state index is 0.0478. The molecule has 0 aliphatic carbocycles. The lowest BCUT2D eigenvalue weighted by Crippen LogP contribution is -2.77. The van der Waals surface area contributed by atoms with Crippen LogP contribution < -0.4 is 0 Å². The topological polar surface area (TPSA) is 126 Å². The van der Waals surface area contributed by atoms with Gasteiger partial charge in [-0.25, -0.2) is 14.4 Å². The van der Waals surface area contributed by atoms with Gasteiger partial charge in [0.05, 0.1) is 11.1 Å². The Morgan fingerprint density at radius 1 is 0.814 bits per heavy atom. The number of likely N-dealkylation sites (tertiary alicyclic amines) is 1. The third-order valence-electron chi connectivity index (χ3n) is 6.18. The summed E-state index contributed by atoms with van der Waals surface area (Å²) >= 11 is 0. The Balaban J connectivity index is 1.69. The Hall–Kier alpha value is -5.25. The lowest BCUT2D eigenvalue weighted by atomic mass is 9.91. The number of rotatable bonds is 10. The summed E-state index contributed by atoms with van der Waals surface area (Å²) in [6, 6.07) is 24.7. The fraction of sp³-hybridized carbons (Fsp3) is 0.242. The van der Waals surface area contributed by atoms with E-state index >= 15 is 0 Å². The highest BCUT2D eigenvalue weighted by molar-refractivity contribution is 6.00. The van der Waals surface area contributed by atoms with Gasteiger partial charge in [0.2, 0.25) is 6.10 Å². The number of benzene rings is 3. The molecule has 0 saturated carbocycles. The van der Waals surface area contributed by atoms with E-state index in [0.29, 0.717) is 0 Å². The summed E-state index contributed by atoms with van der Waals surface area (Å²) in [5.41, 5.74) is -2.08. The maximum absolute atomic E-state index is 13.4. The summed E-state index contributed by atoms with van der Waals surface area (Å²) in [5, 5.41) is 0. The predicted molar refractivity (Wildman–Crippen MR) is 153 cm³/mol. The highest BCUT2D eigenvalue weighted by Gasteiger charge is 2.65.